The van der Waals surface area contributed by atoms with Crippen molar-refractivity contribution in [3.63, 3.8) is 0 Å². The highest BCUT2D eigenvalue weighted by molar-refractivity contribution is 5.31. The third kappa shape index (κ3) is 3.28. The van der Waals surface area contributed by atoms with Crippen molar-refractivity contribution in [3.05, 3.63) is 34.9 Å². The van der Waals surface area contributed by atoms with Crippen LogP contribution in [0.2, 0.25) is 0 Å². The molecule has 0 aliphatic carbocycles. The van der Waals surface area contributed by atoms with Crippen LogP contribution in [0, 0.1) is 6.92 Å². The maximum Gasteiger partial charge on any atom is 0.0674 e. The van der Waals surface area contributed by atoms with E-state index in [1.54, 1.807) is 0 Å². The van der Waals surface area contributed by atoms with E-state index in [4.69, 9.17) is 10.5 Å². The Morgan fingerprint density at radius 2 is 2.29 bits per heavy atom. The Morgan fingerprint density at radius 3 is 2.94 bits per heavy atom. The molecule has 1 aliphatic rings. The molecular formula is C14H22N2O. The van der Waals surface area contributed by atoms with E-state index in [1.807, 2.05) is 0 Å². The topological polar surface area (TPSA) is 38.5 Å². The molecule has 3 heteroatoms. The maximum absolute atomic E-state index is 5.64. The Hall–Kier alpha value is -0.900. The Morgan fingerprint density at radius 1 is 1.47 bits per heavy atom. The van der Waals surface area contributed by atoms with E-state index in [0.717, 1.165) is 26.2 Å². The molecule has 94 valence electrons. The number of ether oxygens (including phenoxy) is 1. The molecule has 0 spiro atoms. The van der Waals surface area contributed by atoms with Crippen LogP contribution < -0.4 is 5.73 Å². The van der Waals surface area contributed by atoms with Gasteiger partial charge in [0.05, 0.1) is 12.7 Å². The van der Waals surface area contributed by atoms with Crippen molar-refractivity contribution in [1.82, 2.24) is 4.90 Å². The summed E-state index contributed by atoms with van der Waals surface area (Å²) < 4.78 is 5.55. The van der Waals surface area contributed by atoms with Crippen molar-refractivity contribution in [3.8, 4) is 0 Å². The first kappa shape index (κ1) is 12.6. The lowest BCUT2D eigenvalue weighted by Crippen LogP contribution is -2.40. The van der Waals surface area contributed by atoms with Crippen LogP contribution in [-0.4, -0.2) is 30.7 Å². The highest BCUT2D eigenvalue weighted by atomic mass is 16.5. The van der Waals surface area contributed by atoms with E-state index >= 15 is 0 Å². The van der Waals surface area contributed by atoms with Gasteiger partial charge in [-0.2, -0.15) is 0 Å². The molecule has 1 saturated heterocycles. The lowest BCUT2D eigenvalue weighted by Gasteiger charge is -2.31. The molecule has 2 rings (SSSR count). The third-order valence-corrected chi connectivity index (χ3v) is 3.36. The number of hydrogen-bond acceptors (Lipinski definition) is 3. The molecule has 1 fully saturated rings. The van der Waals surface area contributed by atoms with Gasteiger partial charge in [0.15, 0.2) is 0 Å². The van der Waals surface area contributed by atoms with Crippen molar-refractivity contribution in [1.29, 1.82) is 0 Å². The van der Waals surface area contributed by atoms with Crippen LogP contribution in [0.3, 0.4) is 0 Å². The number of nitrogens with zero attached hydrogens (tertiary/aromatic N) is 1. The van der Waals surface area contributed by atoms with Gasteiger partial charge in [-0.25, -0.2) is 0 Å². The second kappa shape index (κ2) is 5.63. The fourth-order valence-corrected chi connectivity index (χ4v) is 2.34. The van der Waals surface area contributed by atoms with Crippen LogP contribution in [0.1, 0.15) is 23.6 Å². The molecule has 1 aromatic rings. The van der Waals surface area contributed by atoms with Gasteiger partial charge in [0, 0.05) is 26.2 Å². The van der Waals surface area contributed by atoms with Crippen LogP contribution in [0.5, 0.6) is 0 Å². The molecular weight excluding hydrogens is 212 g/mol. The molecule has 3 nitrogen and oxygen atoms in total. The molecule has 0 amide bonds. The van der Waals surface area contributed by atoms with Crippen LogP contribution >= 0.6 is 0 Å². The van der Waals surface area contributed by atoms with Crippen molar-refractivity contribution < 1.29 is 4.74 Å². The van der Waals surface area contributed by atoms with E-state index in [2.05, 4.69) is 36.9 Å². The van der Waals surface area contributed by atoms with Gasteiger partial charge in [0.1, 0.15) is 0 Å². The molecule has 1 atom stereocenters. The van der Waals surface area contributed by atoms with Crippen LogP contribution in [0.4, 0.5) is 0 Å². The molecule has 1 heterocycles. The minimum atomic E-state index is 0.354. The van der Waals surface area contributed by atoms with Crippen LogP contribution in [-0.2, 0) is 17.8 Å². The van der Waals surface area contributed by atoms with Crippen LogP contribution in [0.25, 0.3) is 0 Å². The Labute approximate surface area is 104 Å². The smallest absolute Gasteiger partial charge is 0.0674 e. The second-order valence-electron chi connectivity index (χ2n) is 4.88. The lowest BCUT2D eigenvalue weighted by atomic mass is 10.0. The van der Waals surface area contributed by atoms with Gasteiger partial charge in [-0.1, -0.05) is 18.2 Å². The largest absolute Gasteiger partial charge is 0.376 e. The zero-order valence-electron chi connectivity index (χ0n) is 10.8. The monoisotopic (exact) mass is 234 g/mol. The normalized spacial score (nSPS) is 21.7. The molecule has 0 radical (unpaired) electrons. The predicted molar refractivity (Wildman–Crippen MR) is 69.8 cm³/mol. The van der Waals surface area contributed by atoms with Gasteiger partial charge < -0.3 is 10.5 Å². The lowest BCUT2D eigenvalue weighted by molar-refractivity contribution is -0.0212. The van der Waals surface area contributed by atoms with Gasteiger partial charge >= 0.3 is 0 Å². The Bertz CT molecular complexity index is 378. The van der Waals surface area contributed by atoms with Crippen LogP contribution in [0.15, 0.2) is 18.2 Å². The summed E-state index contributed by atoms with van der Waals surface area (Å²) in [7, 11) is 0. The number of aryl methyl sites for hydroxylation is 1. The average molecular weight is 234 g/mol. The first-order valence-electron chi connectivity index (χ1n) is 6.31. The van der Waals surface area contributed by atoms with Gasteiger partial charge in [-0.05, 0) is 30.5 Å². The molecule has 0 bridgehead atoms. The van der Waals surface area contributed by atoms with E-state index in [0.29, 0.717) is 12.6 Å². The molecule has 1 unspecified atom stereocenters. The van der Waals surface area contributed by atoms with Crippen molar-refractivity contribution in [2.45, 2.75) is 33.0 Å². The number of benzene rings is 1. The fraction of sp³-hybridized carbons (Fsp3) is 0.571. The fourth-order valence-electron chi connectivity index (χ4n) is 2.34. The van der Waals surface area contributed by atoms with Crippen molar-refractivity contribution >= 4 is 0 Å². The van der Waals surface area contributed by atoms with Gasteiger partial charge in [0.2, 0.25) is 0 Å². The SMILES string of the molecule is Cc1cc(CN)ccc1CN1CCOC(C)C1. The number of nitrogens with two attached hydrogens (primary N) is 1. The third-order valence-electron chi connectivity index (χ3n) is 3.36. The summed E-state index contributed by atoms with van der Waals surface area (Å²) in [5, 5.41) is 0. The summed E-state index contributed by atoms with van der Waals surface area (Å²) in [6.45, 7) is 8.84. The minimum Gasteiger partial charge on any atom is -0.376 e. The van der Waals surface area contributed by atoms with E-state index < -0.39 is 0 Å². The first-order chi connectivity index (χ1) is 8.19. The second-order valence-corrected chi connectivity index (χ2v) is 4.88. The standard InChI is InChI=1S/C14H22N2O/c1-11-7-13(8-15)3-4-14(11)10-16-5-6-17-12(2)9-16/h3-4,7,12H,5-6,8-10,15H2,1-2H3. The minimum absolute atomic E-state index is 0.354. The summed E-state index contributed by atoms with van der Waals surface area (Å²) in [5.41, 5.74) is 9.59. The summed E-state index contributed by atoms with van der Waals surface area (Å²) in [4.78, 5) is 2.46. The van der Waals surface area contributed by atoms with Crippen molar-refractivity contribution in [2.75, 3.05) is 19.7 Å². The van der Waals surface area contributed by atoms with E-state index in [-0.39, 0.29) is 0 Å². The number of morpholine rings is 1. The maximum atomic E-state index is 5.64. The molecule has 1 aliphatic heterocycles. The Kier molecular flexibility index (Phi) is 4.15. The average Bonchev–Trinajstić information content (AvgIpc) is 2.32. The molecule has 1 aromatic carbocycles. The number of hydrogen-bond donors (Lipinski definition) is 1. The predicted octanol–water partition coefficient (Wildman–Crippen LogP) is 1.67. The summed E-state index contributed by atoms with van der Waals surface area (Å²) in [5.74, 6) is 0. The van der Waals surface area contributed by atoms with E-state index in [9.17, 15) is 0 Å². The molecule has 0 saturated carbocycles. The molecule has 2 N–H and O–H groups in total. The first-order valence-corrected chi connectivity index (χ1v) is 6.31. The van der Waals surface area contributed by atoms with Gasteiger partial charge in [-0.3, -0.25) is 4.90 Å². The highest BCUT2D eigenvalue weighted by Gasteiger charge is 2.17. The molecule has 0 aromatic heterocycles. The summed E-state index contributed by atoms with van der Waals surface area (Å²) in [6.07, 6.45) is 0.354. The van der Waals surface area contributed by atoms with Gasteiger partial charge in [0.25, 0.3) is 0 Å². The quantitative estimate of drug-likeness (QED) is 0.864. The molecule has 17 heavy (non-hydrogen) atoms. The zero-order chi connectivity index (χ0) is 12.3. The zero-order valence-corrected chi connectivity index (χ0v) is 10.8. The number of rotatable bonds is 3. The van der Waals surface area contributed by atoms with E-state index in [1.165, 1.54) is 16.7 Å². The van der Waals surface area contributed by atoms with Gasteiger partial charge in [-0.15, -0.1) is 0 Å². The summed E-state index contributed by atoms with van der Waals surface area (Å²) in [6, 6.07) is 6.53. The van der Waals surface area contributed by atoms with Crippen molar-refractivity contribution in [2.24, 2.45) is 5.73 Å². The highest BCUT2D eigenvalue weighted by Crippen LogP contribution is 2.15. The Balaban J connectivity index is 2.02. The summed E-state index contributed by atoms with van der Waals surface area (Å²) >= 11 is 0.